The Hall–Kier alpha value is -4.15. The van der Waals surface area contributed by atoms with Crippen LogP contribution in [0.4, 0.5) is 0 Å². The number of carbonyl (C=O) groups is 5. The smallest absolute Gasteiger partial charge is 0.234 e. The highest BCUT2D eigenvalue weighted by Gasteiger charge is 2.63. The lowest BCUT2D eigenvalue weighted by Gasteiger charge is -2.47. The van der Waals surface area contributed by atoms with E-state index in [1.165, 1.54) is 18.2 Å². The summed E-state index contributed by atoms with van der Waals surface area (Å²) in [5, 5.41) is 24.8. The second-order valence-electron chi connectivity index (χ2n) is 11.1. The number of ketones is 3. The zero-order chi connectivity index (χ0) is 28.9. The lowest BCUT2D eigenvalue weighted by atomic mass is 9.55. The molecule has 2 unspecified atom stereocenters. The largest absolute Gasteiger partial charge is 0.507 e. The van der Waals surface area contributed by atoms with E-state index in [0.717, 1.165) is 16.7 Å². The zero-order valence-electron chi connectivity index (χ0n) is 22.2. The Morgan fingerprint density at radius 2 is 1.75 bits per heavy atom. The number of hydrogen-bond acceptors (Lipinski definition) is 8. The number of aromatic hydroxyl groups is 1. The first-order valence-corrected chi connectivity index (χ1v) is 13.1. The number of likely N-dealkylation sites (N-methyl/N-ethyl adjacent to an activating group) is 1. The Balaban J connectivity index is 1.45. The molecule has 5 N–H and O–H groups in total. The van der Waals surface area contributed by atoms with Crippen molar-refractivity contribution in [3.05, 3.63) is 65.2 Å². The minimum absolute atomic E-state index is 0.000530. The number of primary amides is 1. The molecule has 0 spiro atoms. The van der Waals surface area contributed by atoms with Gasteiger partial charge in [0.05, 0.1) is 18.0 Å². The van der Waals surface area contributed by atoms with Crippen molar-refractivity contribution < 1.29 is 34.2 Å². The molecule has 1 fully saturated rings. The number of nitrogens with one attached hydrogen (secondary N) is 1. The molecule has 3 aliphatic carbocycles. The second-order valence-corrected chi connectivity index (χ2v) is 11.1. The lowest BCUT2D eigenvalue weighted by Crippen LogP contribution is -2.65. The van der Waals surface area contributed by atoms with Gasteiger partial charge < -0.3 is 26.2 Å². The highest BCUT2D eigenvalue weighted by Crippen LogP contribution is 2.50. The molecule has 10 nitrogen and oxygen atoms in total. The molecule has 208 valence electrons. The molecule has 2 aromatic carbocycles. The average molecular weight is 546 g/mol. The van der Waals surface area contributed by atoms with Crippen molar-refractivity contribution in [2.45, 2.75) is 25.0 Å². The fourth-order valence-electron chi connectivity index (χ4n) is 6.27. The van der Waals surface area contributed by atoms with Crippen molar-refractivity contribution >= 4 is 29.2 Å². The summed E-state index contributed by atoms with van der Waals surface area (Å²) in [6.45, 7) is 0.641. The van der Waals surface area contributed by atoms with Crippen LogP contribution in [0.1, 0.15) is 27.9 Å². The molecular formula is C30H31N3O7. The van der Waals surface area contributed by atoms with E-state index < -0.39 is 52.5 Å². The summed E-state index contributed by atoms with van der Waals surface area (Å²) in [4.78, 5) is 65.8. The van der Waals surface area contributed by atoms with E-state index in [-0.39, 0.29) is 36.6 Å². The minimum atomic E-state index is -2.52. The van der Waals surface area contributed by atoms with Crippen LogP contribution in [-0.2, 0) is 32.1 Å². The van der Waals surface area contributed by atoms with Crippen LogP contribution >= 0.6 is 0 Å². The fraction of sp³-hybridized carbons (Fsp3) is 0.367. The number of benzene rings is 2. The van der Waals surface area contributed by atoms with Gasteiger partial charge in [0, 0.05) is 12.5 Å². The molecule has 3 aliphatic rings. The summed E-state index contributed by atoms with van der Waals surface area (Å²) in [5.41, 5.74) is 5.78. The van der Waals surface area contributed by atoms with Gasteiger partial charge in [-0.05, 0) is 61.2 Å². The van der Waals surface area contributed by atoms with Crippen molar-refractivity contribution in [2.75, 3.05) is 20.6 Å². The number of phenols is 1. The topological polar surface area (TPSA) is 167 Å². The minimum Gasteiger partial charge on any atom is -0.507 e. The zero-order valence-corrected chi connectivity index (χ0v) is 22.2. The molecular weight excluding hydrogens is 514 g/mol. The van der Waals surface area contributed by atoms with Gasteiger partial charge in [0.1, 0.15) is 11.7 Å². The van der Waals surface area contributed by atoms with Crippen LogP contribution in [0.2, 0.25) is 0 Å². The van der Waals surface area contributed by atoms with Crippen molar-refractivity contribution in [1.29, 1.82) is 0 Å². The Kier molecular flexibility index (Phi) is 6.93. The third-order valence-corrected chi connectivity index (χ3v) is 8.22. The number of aliphatic hydroxyl groups is 1. The average Bonchev–Trinajstić information content (AvgIpc) is 2.89. The number of amides is 2. The molecule has 0 radical (unpaired) electrons. The number of Topliss-reactive ketones (excluding diaryl/α,β-unsaturated/α-hetero) is 3. The Morgan fingerprint density at radius 3 is 2.40 bits per heavy atom. The monoisotopic (exact) mass is 545 g/mol. The summed E-state index contributed by atoms with van der Waals surface area (Å²) in [6, 6.07) is 10.6. The number of phenolic OH excluding ortho intramolecular Hbond substituents is 1. The Morgan fingerprint density at radius 1 is 1.05 bits per heavy atom. The van der Waals surface area contributed by atoms with E-state index in [1.54, 1.807) is 11.0 Å². The molecule has 1 saturated carbocycles. The molecule has 0 aliphatic heterocycles. The van der Waals surface area contributed by atoms with Crippen molar-refractivity contribution in [1.82, 2.24) is 10.2 Å². The quantitative estimate of drug-likeness (QED) is 0.305. The molecule has 0 bridgehead atoms. The number of nitrogens with two attached hydrogens (primary N) is 1. The van der Waals surface area contributed by atoms with Gasteiger partial charge in [0.15, 0.2) is 23.0 Å². The van der Waals surface area contributed by atoms with Gasteiger partial charge in [0.2, 0.25) is 11.8 Å². The van der Waals surface area contributed by atoms with Gasteiger partial charge in [-0.2, -0.15) is 0 Å². The number of hydrogen-bond donors (Lipinski definition) is 4. The molecule has 2 aromatic rings. The molecule has 0 aromatic heterocycles. The van der Waals surface area contributed by atoms with E-state index in [4.69, 9.17) is 5.73 Å². The molecule has 40 heavy (non-hydrogen) atoms. The third-order valence-electron chi connectivity index (χ3n) is 8.22. The van der Waals surface area contributed by atoms with E-state index in [2.05, 4.69) is 5.32 Å². The molecule has 0 saturated heterocycles. The van der Waals surface area contributed by atoms with Crippen molar-refractivity contribution in [2.24, 2.45) is 29.4 Å². The van der Waals surface area contributed by atoms with Gasteiger partial charge in [-0.1, -0.05) is 42.5 Å². The van der Waals surface area contributed by atoms with Crippen LogP contribution in [0.3, 0.4) is 0 Å². The van der Waals surface area contributed by atoms with E-state index in [1.807, 2.05) is 38.4 Å². The van der Waals surface area contributed by atoms with E-state index in [0.29, 0.717) is 12.1 Å². The maximum Gasteiger partial charge on any atom is 0.234 e. The summed E-state index contributed by atoms with van der Waals surface area (Å²) in [7, 11) is 3.63. The van der Waals surface area contributed by atoms with Crippen molar-refractivity contribution in [3.63, 3.8) is 0 Å². The first-order valence-electron chi connectivity index (χ1n) is 13.1. The van der Waals surface area contributed by atoms with Crippen LogP contribution in [0.5, 0.6) is 5.75 Å². The van der Waals surface area contributed by atoms with Crippen LogP contribution in [0.25, 0.3) is 11.1 Å². The van der Waals surface area contributed by atoms with Crippen LogP contribution in [0.15, 0.2) is 48.6 Å². The number of rotatable bonds is 6. The maximum atomic E-state index is 13.7. The maximum absolute atomic E-state index is 13.7. The van der Waals surface area contributed by atoms with Gasteiger partial charge in [0.25, 0.3) is 0 Å². The molecule has 5 rings (SSSR count). The van der Waals surface area contributed by atoms with Crippen LogP contribution in [0, 0.1) is 23.7 Å². The second kappa shape index (κ2) is 10.1. The fourth-order valence-corrected chi connectivity index (χ4v) is 6.27. The van der Waals surface area contributed by atoms with E-state index >= 15 is 0 Å². The van der Waals surface area contributed by atoms with E-state index in [9.17, 15) is 34.2 Å². The standard InChI is InChI=1S/C30H31N3O7/c1-33(2)14-23(35)32-13-15-3-5-16(6-4-15)19-9-10-22(34)25-21(19)12-17-11-18-7-8-20(29(31)39)27(37)30(18,40)28(38)24(17)26(25)36/h3-10,17-18,20,24,34,40H,11-14H2,1-2H3,(H2,31,39)(H,32,35)/t17-,18-,20?,24?,30-/m1/s1. The highest BCUT2D eigenvalue weighted by atomic mass is 16.3. The first kappa shape index (κ1) is 27.4. The first-order chi connectivity index (χ1) is 18.9. The number of carbonyl (C=O) groups excluding carboxylic acids is 5. The molecule has 0 heterocycles. The van der Waals surface area contributed by atoms with Gasteiger partial charge in [-0.25, -0.2) is 0 Å². The van der Waals surface area contributed by atoms with Crippen LogP contribution in [-0.4, -0.2) is 70.5 Å². The third kappa shape index (κ3) is 4.43. The summed E-state index contributed by atoms with van der Waals surface area (Å²) >= 11 is 0. The predicted molar refractivity (Wildman–Crippen MR) is 144 cm³/mol. The van der Waals surface area contributed by atoms with Crippen LogP contribution < -0.4 is 11.1 Å². The number of nitrogens with zero attached hydrogens (tertiary/aromatic N) is 1. The Labute approximate surface area is 230 Å². The van der Waals surface area contributed by atoms with Gasteiger partial charge >= 0.3 is 0 Å². The Bertz CT molecular complexity index is 1460. The molecule has 5 atom stereocenters. The number of fused-ring (bicyclic) bond motifs is 3. The summed E-state index contributed by atoms with van der Waals surface area (Å²) in [5.74, 6) is -8.13. The lowest BCUT2D eigenvalue weighted by molar-refractivity contribution is -0.166. The van der Waals surface area contributed by atoms with Crippen molar-refractivity contribution in [3.8, 4) is 16.9 Å². The van der Waals surface area contributed by atoms with Gasteiger partial charge in [-0.15, -0.1) is 0 Å². The molecule has 10 heteroatoms. The van der Waals surface area contributed by atoms with Gasteiger partial charge in [-0.3, -0.25) is 24.0 Å². The predicted octanol–water partition coefficient (Wildman–Crippen LogP) is 0.769. The normalized spacial score (nSPS) is 27.1. The summed E-state index contributed by atoms with van der Waals surface area (Å²) < 4.78 is 0. The molecule has 2 amide bonds. The summed E-state index contributed by atoms with van der Waals surface area (Å²) in [6.07, 6.45) is 3.24. The highest BCUT2D eigenvalue weighted by molar-refractivity contribution is 6.26. The SMILES string of the molecule is CN(C)CC(=O)NCc1ccc(-c2ccc(O)c3c2C[C@H]2C[C@H]4C=CC(C(N)=O)C(=O)[C@@]4(O)C(=O)C2C3=O)cc1.